The molecule has 7 nitrogen and oxygen atoms in total. The van der Waals surface area contributed by atoms with E-state index in [1.807, 2.05) is 28.8 Å². The topological polar surface area (TPSA) is 66.3 Å². The van der Waals surface area contributed by atoms with Crippen LogP contribution in [0, 0.1) is 6.92 Å². The second kappa shape index (κ2) is 7.56. The number of likely N-dealkylation sites (tertiary alicyclic amines) is 1. The van der Waals surface area contributed by atoms with E-state index in [4.69, 9.17) is 0 Å². The molecule has 2 fully saturated rings. The summed E-state index contributed by atoms with van der Waals surface area (Å²) in [5, 5.41) is 8.81. The molecule has 2 unspecified atom stereocenters. The molecule has 0 aromatic carbocycles. The van der Waals surface area contributed by atoms with E-state index < -0.39 is 0 Å². The predicted octanol–water partition coefficient (Wildman–Crippen LogP) is 1.83. The number of nitrogens with zero attached hydrogens (tertiary/aromatic N) is 5. The van der Waals surface area contributed by atoms with E-state index in [1.165, 1.54) is 0 Å². The van der Waals surface area contributed by atoms with Crippen LogP contribution in [0.2, 0.25) is 0 Å². The zero-order valence-electron chi connectivity index (χ0n) is 16.6. The van der Waals surface area contributed by atoms with Crippen LogP contribution in [0.25, 0.3) is 11.0 Å². The van der Waals surface area contributed by atoms with Crippen molar-refractivity contribution in [2.24, 2.45) is 0 Å². The molecule has 2 aliphatic heterocycles. The maximum atomic E-state index is 13.3. The molecule has 2 aromatic rings. The van der Waals surface area contributed by atoms with Gasteiger partial charge in [0.05, 0.1) is 23.2 Å². The van der Waals surface area contributed by atoms with Crippen LogP contribution in [0.15, 0.2) is 12.3 Å². The molecule has 2 aromatic heterocycles. The Hall–Kier alpha value is -1.99. The van der Waals surface area contributed by atoms with Gasteiger partial charge in [0.15, 0.2) is 5.65 Å². The third-order valence-corrected chi connectivity index (χ3v) is 6.05. The van der Waals surface area contributed by atoms with Crippen LogP contribution in [0.5, 0.6) is 0 Å². The lowest BCUT2D eigenvalue weighted by atomic mass is 10.1. The predicted molar refractivity (Wildman–Crippen MR) is 106 cm³/mol. The van der Waals surface area contributed by atoms with Gasteiger partial charge in [0.1, 0.15) is 0 Å². The molecule has 1 amide bonds. The first-order chi connectivity index (χ1) is 13.1. The molecule has 0 aliphatic carbocycles. The van der Waals surface area contributed by atoms with Crippen LogP contribution in [0.4, 0.5) is 0 Å². The minimum absolute atomic E-state index is 0.117. The zero-order valence-corrected chi connectivity index (χ0v) is 16.6. The lowest BCUT2D eigenvalue weighted by Gasteiger charge is -2.32. The summed E-state index contributed by atoms with van der Waals surface area (Å²) < 4.78 is 1.95. The Morgan fingerprint density at radius 1 is 1.33 bits per heavy atom. The van der Waals surface area contributed by atoms with Crippen LogP contribution in [-0.4, -0.2) is 75.8 Å². The van der Waals surface area contributed by atoms with Crippen molar-refractivity contribution in [1.82, 2.24) is 29.9 Å². The first-order valence-electron chi connectivity index (χ1n) is 10.2. The number of amides is 1. The monoisotopic (exact) mass is 370 g/mol. The SMILES string of the molecule is CCC(C)n1ncc2c(C(=O)N3CCC(N4CCNCC4)C3)cc(C)nc21. The van der Waals surface area contributed by atoms with Crippen LogP contribution in [-0.2, 0) is 0 Å². The summed E-state index contributed by atoms with van der Waals surface area (Å²) in [7, 11) is 0. The number of aryl methyl sites for hydroxylation is 1. The number of carbonyl (C=O) groups is 1. The number of pyridine rings is 1. The summed E-state index contributed by atoms with van der Waals surface area (Å²) in [6.45, 7) is 12.1. The van der Waals surface area contributed by atoms with Crippen LogP contribution >= 0.6 is 0 Å². The van der Waals surface area contributed by atoms with E-state index in [2.05, 4.69) is 34.1 Å². The van der Waals surface area contributed by atoms with Gasteiger partial charge in [-0.25, -0.2) is 9.67 Å². The molecule has 146 valence electrons. The van der Waals surface area contributed by atoms with Gasteiger partial charge in [-0.05, 0) is 32.8 Å². The molecule has 2 saturated heterocycles. The average Bonchev–Trinajstić information content (AvgIpc) is 3.34. The highest BCUT2D eigenvalue weighted by Crippen LogP contribution is 2.25. The second-order valence-corrected chi connectivity index (χ2v) is 7.87. The van der Waals surface area contributed by atoms with Crippen molar-refractivity contribution in [2.75, 3.05) is 39.3 Å². The lowest BCUT2D eigenvalue weighted by molar-refractivity contribution is 0.0775. The van der Waals surface area contributed by atoms with E-state index >= 15 is 0 Å². The second-order valence-electron chi connectivity index (χ2n) is 7.87. The number of rotatable bonds is 4. The van der Waals surface area contributed by atoms with Crippen LogP contribution in [0.3, 0.4) is 0 Å². The van der Waals surface area contributed by atoms with Gasteiger partial charge < -0.3 is 10.2 Å². The third-order valence-electron chi connectivity index (χ3n) is 6.05. The molecule has 2 atom stereocenters. The summed E-state index contributed by atoms with van der Waals surface area (Å²) in [5.74, 6) is 0.117. The largest absolute Gasteiger partial charge is 0.337 e. The number of piperazine rings is 1. The molecule has 27 heavy (non-hydrogen) atoms. The van der Waals surface area contributed by atoms with Gasteiger partial charge in [-0.1, -0.05) is 6.92 Å². The summed E-state index contributed by atoms with van der Waals surface area (Å²) in [6, 6.07) is 2.67. The highest BCUT2D eigenvalue weighted by molar-refractivity contribution is 6.05. The standard InChI is InChI=1S/C20H30N6O/c1-4-15(3)26-19-18(12-22-26)17(11-14(2)23-19)20(27)25-8-5-16(13-25)24-9-6-21-7-10-24/h11-12,15-16,21H,4-10,13H2,1-3H3. The molecule has 4 rings (SSSR count). The molecule has 2 aliphatic rings. The summed E-state index contributed by atoms with van der Waals surface area (Å²) in [4.78, 5) is 22.5. The highest BCUT2D eigenvalue weighted by Gasteiger charge is 2.32. The van der Waals surface area contributed by atoms with Crippen molar-refractivity contribution in [3.8, 4) is 0 Å². The lowest BCUT2D eigenvalue weighted by Crippen LogP contribution is -2.49. The molecule has 4 heterocycles. The van der Waals surface area contributed by atoms with E-state index in [0.717, 1.165) is 74.4 Å². The average molecular weight is 371 g/mol. The minimum Gasteiger partial charge on any atom is -0.337 e. The number of hydrogen-bond acceptors (Lipinski definition) is 5. The molecule has 7 heteroatoms. The number of aromatic nitrogens is 3. The minimum atomic E-state index is 0.117. The zero-order chi connectivity index (χ0) is 19.0. The van der Waals surface area contributed by atoms with Crippen molar-refractivity contribution in [3.63, 3.8) is 0 Å². The fourth-order valence-corrected chi connectivity index (χ4v) is 4.26. The van der Waals surface area contributed by atoms with E-state index in [1.54, 1.807) is 0 Å². The fraction of sp³-hybridized carbons (Fsp3) is 0.650. The molecule has 0 spiro atoms. The Bertz CT molecular complexity index is 825. The molecular weight excluding hydrogens is 340 g/mol. The van der Waals surface area contributed by atoms with Gasteiger partial charge in [-0.15, -0.1) is 0 Å². The number of fused-ring (bicyclic) bond motifs is 1. The Kier molecular flexibility index (Phi) is 5.14. The first-order valence-corrected chi connectivity index (χ1v) is 10.2. The van der Waals surface area contributed by atoms with Crippen LogP contribution < -0.4 is 5.32 Å². The van der Waals surface area contributed by atoms with Crippen molar-refractivity contribution >= 4 is 16.9 Å². The maximum absolute atomic E-state index is 13.3. The molecule has 0 saturated carbocycles. The van der Waals surface area contributed by atoms with E-state index in [9.17, 15) is 4.79 Å². The van der Waals surface area contributed by atoms with Gasteiger partial charge in [0.2, 0.25) is 0 Å². The molecule has 0 bridgehead atoms. The Labute approximate surface area is 160 Å². The van der Waals surface area contributed by atoms with Gasteiger partial charge in [-0.3, -0.25) is 9.69 Å². The Balaban J connectivity index is 1.58. The smallest absolute Gasteiger partial charge is 0.254 e. The van der Waals surface area contributed by atoms with E-state index in [0.29, 0.717) is 6.04 Å². The van der Waals surface area contributed by atoms with Crippen molar-refractivity contribution in [2.45, 2.75) is 45.7 Å². The van der Waals surface area contributed by atoms with Crippen molar-refractivity contribution < 1.29 is 4.79 Å². The number of hydrogen-bond donors (Lipinski definition) is 1. The van der Waals surface area contributed by atoms with Gasteiger partial charge in [0.25, 0.3) is 5.91 Å². The fourth-order valence-electron chi connectivity index (χ4n) is 4.26. The summed E-state index contributed by atoms with van der Waals surface area (Å²) in [5.41, 5.74) is 2.44. The Morgan fingerprint density at radius 3 is 2.85 bits per heavy atom. The van der Waals surface area contributed by atoms with Gasteiger partial charge in [-0.2, -0.15) is 5.10 Å². The van der Waals surface area contributed by atoms with Gasteiger partial charge >= 0.3 is 0 Å². The van der Waals surface area contributed by atoms with E-state index in [-0.39, 0.29) is 11.9 Å². The number of carbonyl (C=O) groups excluding carboxylic acids is 1. The first kappa shape index (κ1) is 18.4. The summed E-state index contributed by atoms with van der Waals surface area (Å²) >= 11 is 0. The van der Waals surface area contributed by atoms with Gasteiger partial charge in [0, 0.05) is 51.0 Å². The normalized spacial score (nSPS) is 22.5. The number of nitrogens with one attached hydrogen (secondary N) is 1. The quantitative estimate of drug-likeness (QED) is 0.889. The van der Waals surface area contributed by atoms with Crippen molar-refractivity contribution in [1.29, 1.82) is 0 Å². The molecular formula is C20H30N6O. The Morgan fingerprint density at radius 2 is 2.11 bits per heavy atom. The maximum Gasteiger partial charge on any atom is 0.254 e. The highest BCUT2D eigenvalue weighted by atomic mass is 16.2. The molecule has 1 N–H and O–H groups in total. The third kappa shape index (κ3) is 3.46. The summed E-state index contributed by atoms with van der Waals surface area (Å²) in [6.07, 6.45) is 3.85. The van der Waals surface area contributed by atoms with Crippen molar-refractivity contribution in [3.05, 3.63) is 23.5 Å². The molecule has 0 radical (unpaired) electrons. The van der Waals surface area contributed by atoms with Crippen LogP contribution in [0.1, 0.15) is 48.8 Å².